The van der Waals surface area contributed by atoms with Crippen molar-refractivity contribution in [1.29, 1.82) is 0 Å². The van der Waals surface area contributed by atoms with Crippen molar-refractivity contribution in [1.82, 2.24) is 9.97 Å². The molecule has 3 atom stereocenters. The first kappa shape index (κ1) is 16.8. The normalized spacial score (nSPS) is 26.7. The first-order chi connectivity index (χ1) is 12.0. The Bertz CT molecular complexity index is 762. The lowest BCUT2D eigenvalue weighted by Crippen LogP contribution is -2.11. The van der Waals surface area contributed by atoms with E-state index in [1.807, 2.05) is 12.4 Å². The maximum atomic E-state index is 4.44. The van der Waals surface area contributed by atoms with Crippen LogP contribution in [0.2, 0.25) is 0 Å². The molecular formula is C23H30N2. The minimum atomic E-state index is 0.314. The molecule has 2 aromatic rings. The Labute approximate surface area is 152 Å². The lowest BCUT2D eigenvalue weighted by molar-refractivity contribution is 0.547. The average molecular weight is 335 g/mol. The van der Waals surface area contributed by atoms with E-state index in [2.05, 4.69) is 62.2 Å². The zero-order valence-corrected chi connectivity index (χ0v) is 16.0. The first-order valence-corrected chi connectivity index (χ1v) is 9.89. The van der Waals surface area contributed by atoms with Gasteiger partial charge in [-0.1, -0.05) is 27.7 Å². The summed E-state index contributed by atoms with van der Waals surface area (Å²) in [6.07, 6.45) is 13.4. The molecule has 2 nitrogen and oxygen atoms in total. The minimum absolute atomic E-state index is 0.314. The van der Waals surface area contributed by atoms with E-state index < -0.39 is 0 Å². The molecule has 132 valence electrons. The van der Waals surface area contributed by atoms with Crippen molar-refractivity contribution in [2.75, 3.05) is 0 Å². The van der Waals surface area contributed by atoms with Crippen LogP contribution in [0.1, 0.15) is 93.4 Å². The van der Waals surface area contributed by atoms with E-state index in [9.17, 15) is 0 Å². The van der Waals surface area contributed by atoms with Gasteiger partial charge in [-0.2, -0.15) is 0 Å². The summed E-state index contributed by atoms with van der Waals surface area (Å²) in [5.74, 6) is 2.73. The summed E-state index contributed by atoms with van der Waals surface area (Å²) in [7, 11) is 0. The van der Waals surface area contributed by atoms with Gasteiger partial charge in [0, 0.05) is 24.8 Å². The molecule has 4 rings (SSSR count). The van der Waals surface area contributed by atoms with Gasteiger partial charge >= 0.3 is 0 Å². The molecule has 2 fully saturated rings. The van der Waals surface area contributed by atoms with Crippen LogP contribution in [-0.4, -0.2) is 9.97 Å². The highest BCUT2D eigenvalue weighted by Gasteiger charge is 2.52. The molecule has 0 spiro atoms. The van der Waals surface area contributed by atoms with Gasteiger partial charge in [-0.05, 0) is 89.2 Å². The number of pyridine rings is 2. The van der Waals surface area contributed by atoms with E-state index in [-0.39, 0.29) is 0 Å². The van der Waals surface area contributed by atoms with Crippen molar-refractivity contribution in [3.8, 4) is 0 Å². The molecular weight excluding hydrogens is 304 g/mol. The molecule has 0 N–H and O–H groups in total. The van der Waals surface area contributed by atoms with Gasteiger partial charge < -0.3 is 0 Å². The predicted octanol–water partition coefficient (Wildman–Crippen LogP) is 5.95. The zero-order chi connectivity index (χ0) is 17.6. The predicted molar refractivity (Wildman–Crippen MR) is 103 cm³/mol. The highest BCUT2D eigenvalue weighted by Crippen LogP contribution is 2.59. The molecule has 0 amide bonds. The lowest BCUT2D eigenvalue weighted by atomic mass is 9.84. The van der Waals surface area contributed by atoms with Gasteiger partial charge in [0.15, 0.2) is 0 Å². The van der Waals surface area contributed by atoms with Crippen LogP contribution in [0.15, 0.2) is 36.9 Å². The number of hydrogen-bond donors (Lipinski definition) is 0. The Morgan fingerprint density at radius 2 is 1.72 bits per heavy atom. The topological polar surface area (TPSA) is 25.8 Å². The van der Waals surface area contributed by atoms with Gasteiger partial charge in [-0.15, -0.1) is 0 Å². The van der Waals surface area contributed by atoms with Crippen molar-refractivity contribution in [3.63, 3.8) is 0 Å². The Balaban J connectivity index is 1.52. The third-order valence-electron chi connectivity index (χ3n) is 6.58. The third-order valence-corrected chi connectivity index (χ3v) is 6.58. The summed E-state index contributed by atoms with van der Waals surface area (Å²) >= 11 is 0. The fourth-order valence-corrected chi connectivity index (χ4v) is 4.67. The molecule has 0 aromatic carbocycles. The number of rotatable bonds is 6. The van der Waals surface area contributed by atoms with E-state index in [0.29, 0.717) is 17.3 Å². The summed E-state index contributed by atoms with van der Waals surface area (Å²) in [4.78, 5) is 8.83. The van der Waals surface area contributed by atoms with Crippen LogP contribution in [0.5, 0.6) is 0 Å². The van der Waals surface area contributed by atoms with Crippen molar-refractivity contribution in [3.05, 3.63) is 59.2 Å². The standard InChI is InChI=1S/C23H30N2/c1-15(2)19-7-9-25-14-22(19)23(4)12-18(23)11-16(3)20-8-10-24-13-21(20)17-5-6-17/h7-10,13-18H,5-6,11-12H2,1-4H3. The fraction of sp³-hybridized carbons (Fsp3) is 0.565. The molecule has 2 aliphatic rings. The van der Waals surface area contributed by atoms with Gasteiger partial charge in [0.1, 0.15) is 0 Å². The highest BCUT2D eigenvalue weighted by molar-refractivity contribution is 5.40. The van der Waals surface area contributed by atoms with E-state index >= 15 is 0 Å². The van der Waals surface area contributed by atoms with Crippen LogP contribution < -0.4 is 0 Å². The van der Waals surface area contributed by atoms with Crippen LogP contribution in [0, 0.1) is 5.92 Å². The van der Waals surface area contributed by atoms with Crippen LogP contribution in [0.3, 0.4) is 0 Å². The second-order valence-corrected chi connectivity index (χ2v) is 8.85. The number of hydrogen-bond acceptors (Lipinski definition) is 2. The van der Waals surface area contributed by atoms with Crippen LogP contribution in [0.25, 0.3) is 0 Å². The fourth-order valence-electron chi connectivity index (χ4n) is 4.67. The van der Waals surface area contributed by atoms with Crippen LogP contribution >= 0.6 is 0 Å². The van der Waals surface area contributed by atoms with Gasteiger partial charge in [-0.3, -0.25) is 9.97 Å². The Morgan fingerprint density at radius 3 is 2.40 bits per heavy atom. The molecule has 0 bridgehead atoms. The molecule has 2 heteroatoms. The number of nitrogens with zero attached hydrogens (tertiary/aromatic N) is 2. The quantitative estimate of drug-likeness (QED) is 0.652. The van der Waals surface area contributed by atoms with E-state index in [0.717, 1.165) is 11.8 Å². The third kappa shape index (κ3) is 3.12. The van der Waals surface area contributed by atoms with Crippen LogP contribution in [0.4, 0.5) is 0 Å². The Hall–Kier alpha value is -1.70. The summed E-state index contributed by atoms with van der Waals surface area (Å²) in [5.41, 5.74) is 6.34. The van der Waals surface area contributed by atoms with Crippen LogP contribution in [-0.2, 0) is 5.41 Å². The van der Waals surface area contributed by atoms with E-state index in [4.69, 9.17) is 0 Å². The first-order valence-electron chi connectivity index (χ1n) is 9.89. The minimum Gasteiger partial charge on any atom is -0.264 e. The molecule has 25 heavy (non-hydrogen) atoms. The molecule has 3 unspecified atom stereocenters. The molecule has 0 radical (unpaired) electrons. The second kappa shape index (κ2) is 6.23. The second-order valence-electron chi connectivity index (χ2n) is 8.85. The SMILES string of the molecule is CC(C)c1ccncc1C1(C)CC1CC(C)c1ccncc1C1CC1. The monoisotopic (exact) mass is 334 g/mol. The van der Waals surface area contributed by atoms with Gasteiger partial charge in [0.25, 0.3) is 0 Å². The summed E-state index contributed by atoms with van der Waals surface area (Å²) in [6.45, 7) is 9.44. The smallest absolute Gasteiger partial charge is 0.0308 e. The van der Waals surface area contributed by atoms with E-state index in [1.165, 1.54) is 42.4 Å². The molecule has 2 aliphatic carbocycles. The van der Waals surface area contributed by atoms with Crippen molar-refractivity contribution in [2.45, 2.75) is 76.5 Å². The van der Waals surface area contributed by atoms with Crippen molar-refractivity contribution < 1.29 is 0 Å². The van der Waals surface area contributed by atoms with Gasteiger partial charge in [-0.25, -0.2) is 0 Å². The Kier molecular flexibility index (Phi) is 4.17. The number of aromatic nitrogens is 2. The molecule has 2 saturated carbocycles. The summed E-state index contributed by atoms with van der Waals surface area (Å²) < 4.78 is 0. The van der Waals surface area contributed by atoms with Crippen molar-refractivity contribution in [2.24, 2.45) is 5.92 Å². The zero-order valence-electron chi connectivity index (χ0n) is 16.0. The summed E-state index contributed by atoms with van der Waals surface area (Å²) in [5, 5.41) is 0. The maximum Gasteiger partial charge on any atom is 0.0308 e. The summed E-state index contributed by atoms with van der Waals surface area (Å²) in [6, 6.07) is 4.49. The van der Waals surface area contributed by atoms with Gasteiger partial charge in [0.2, 0.25) is 0 Å². The Morgan fingerprint density at radius 1 is 1.04 bits per heavy atom. The highest BCUT2D eigenvalue weighted by atomic mass is 14.7. The molecule has 0 saturated heterocycles. The molecule has 2 heterocycles. The van der Waals surface area contributed by atoms with Gasteiger partial charge in [0.05, 0.1) is 0 Å². The molecule has 0 aliphatic heterocycles. The van der Waals surface area contributed by atoms with Crippen molar-refractivity contribution >= 4 is 0 Å². The molecule has 2 aromatic heterocycles. The van der Waals surface area contributed by atoms with E-state index in [1.54, 1.807) is 5.56 Å². The largest absolute Gasteiger partial charge is 0.264 e. The lowest BCUT2D eigenvalue weighted by Gasteiger charge is -2.21. The average Bonchev–Trinajstić information content (AvgIpc) is 3.53. The maximum absolute atomic E-state index is 4.44.